The van der Waals surface area contributed by atoms with Crippen molar-refractivity contribution in [2.24, 2.45) is 0 Å². The first-order valence-corrected chi connectivity index (χ1v) is 4.72. The molecule has 0 aromatic rings. The van der Waals surface area contributed by atoms with E-state index in [9.17, 15) is 0 Å². The minimum absolute atomic E-state index is 0.125. The van der Waals surface area contributed by atoms with Crippen LogP contribution in [0.1, 0.15) is 26.7 Å². The van der Waals surface area contributed by atoms with E-state index >= 15 is 0 Å². The Bertz CT molecular complexity index is 64.2. The molecule has 0 spiro atoms. The lowest BCUT2D eigenvalue weighted by Crippen LogP contribution is -2.03. The molecular weight excluding hydrogens is 188 g/mol. The predicted molar refractivity (Wildman–Crippen MR) is 54.9 cm³/mol. The first-order chi connectivity index (χ1) is 6.60. The second kappa shape index (κ2) is 23.0. The van der Waals surface area contributed by atoms with Crippen LogP contribution in [0.15, 0.2) is 0 Å². The van der Waals surface area contributed by atoms with E-state index in [4.69, 9.17) is 25.5 Å². The minimum Gasteiger partial charge on any atom is -0.396 e. The van der Waals surface area contributed by atoms with E-state index in [-0.39, 0.29) is 19.8 Å². The van der Waals surface area contributed by atoms with Gasteiger partial charge >= 0.3 is 0 Å². The summed E-state index contributed by atoms with van der Waals surface area (Å²) >= 11 is 0. The zero-order valence-corrected chi connectivity index (χ0v) is 9.06. The van der Waals surface area contributed by atoms with Gasteiger partial charge in [-0.05, 0) is 13.3 Å². The summed E-state index contributed by atoms with van der Waals surface area (Å²) in [5.41, 5.74) is 0. The molecule has 5 heteroatoms. The Kier molecular flexibility index (Phi) is 31.9. The minimum atomic E-state index is -0.560. The van der Waals surface area contributed by atoms with Crippen molar-refractivity contribution in [2.45, 2.75) is 32.8 Å². The fraction of sp³-hybridized carbons (Fsp3) is 1.00. The van der Waals surface area contributed by atoms with Gasteiger partial charge in [-0.15, -0.1) is 0 Å². The first-order valence-electron chi connectivity index (χ1n) is 4.72. The van der Waals surface area contributed by atoms with E-state index in [1.807, 2.05) is 0 Å². The van der Waals surface area contributed by atoms with Gasteiger partial charge in [-0.25, -0.2) is 0 Å². The maximum absolute atomic E-state index is 8.11. The van der Waals surface area contributed by atoms with Gasteiger partial charge in [0, 0.05) is 6.61 Å². The van der Waals surface area contributed by atoms with Crippen LogP contribution in [-0.4, -0.2) is 58.1 Å². The third kappa shape index (κ3) is 59.7. The fourth-order valence-corrected chi connectivity index (χ4v) is 0.158. The lowest BCUT2D eigenvalue weighted by Gasteiger charge is -1.90. The highest BCUT2D eigenvalue weighted by atomic mass is 16.3. The molecule has 0 aromatic heterocycles. The molecule has 1 unspecified atom stereocenters. The molecule has 1 atom stereocenters. The van der Waals surface area contributed by atoms with Crippen LogP contribution in [0.25, 0.3) is 0 Å². The number of unbranched alkanes of at least 4 members (excludes halogenated alkanes) is 1. The molecule has 0 saturated heterocycles. The van der Waals surface area contributed by atoms with Gasteiger partial charge in [0.2, 0.25) is 0 Å². The molecule has 5 nitrogen and oxygen atoms in total. The quantitative estimate of drug-likeness (QED) is 0.416. The topological polar surface area (TPSA) is 101 Å². The van der Waals surface area contributed by atoms with Crippen molar-refractivity contribution in [3.05, 3.63) is 0 Å². The van der Waals surface area contributed by atoms with Crippen molar-refractivity contribution < 1.29 is 25.5 Å². The Morgan fingerprint density at radius 3 is 1.29 bits per heavy atom. The van der Waals surface area contributed by atoms with Gasteiger partial charge in [-0.3, -0.25) is 0 Å². The third-order valence-electron chi connectivity index (χ3n) is 0.876. The number of hydrogen-bond donors (Lipinski definition) is 5. The molecule has 0 heterocycles. The normalized spacial score (nSPS) is 10.5. The standard InChI is InChI=1S/C4H10O.C3H8O2.C2H6O2/c1-2-3-4-5;1-3(5)2-4;3-1-2-4/h5H,2-4H2,1H3;3-5H,2H2,1H3;3-4H,1-2H2. The molecule has 0 rings (SSSR count). The highest BCUT2D eigenvalue weighted by Crippen LogP contribution is 1.78. The van der Waals surface area contributed by atoms with Crippen LogP contribution >= 0.6 is 0 Å². The largest absolute Gasteiger partial charge is 0.396 e. The predicted octanol–water partition coefficient (Wildman–Crippen LogP) is -0.891. The van der Waals surface area contributed by atoms with Crippen LogP contribution in [0.2, 0.25) is 0 Å². The zero-order chi connectivity index (χ0) is 11.8. The number of hydrogen-bond acceptors (Lipinski definition) is 5. The lowest BCUT2D eigenvalue weighted by atomic mass is 10.4. The smallest absolute Gasteiger partial charge is 0.0742 e. The van der Waals surface area contributed by atoms with Gasteiger partial charge in [0.1, 0.15) is 0 Å². The summed E-state index contributed by atoms with van der Waals surface area (Å²) in [6.45, 7) is 3.53. The molecule has 0 aliphatic rings. The van der Waals surface area contributed by atoms with Crippen LogP contribution in [0.4, 0.5) is 0 Å². The molecule has 0 aromatic carbocycles. The monoisotopic (exact) mass is 212 g/mol. The maximum Gasteiger partial charge on any atom is 0.0742 e. The van der Waals surface area contributed by atoms with Crippen LogP contribution in [-0.2, 0) is 0 Å². The number of aliphatic hydroxyl groups is 5. The van der Waals surface area contributed by atoms with E-state index in [0.29, 0.717) is 6.61 Å². The third-order valence-corrected chi connectivity index (χ3v) is 0.876. The lowest BCUT2D eigenvalue weighted by molar-refractivity contribution is 0.110. The summed E-state index contributed by atoms with van der Waals surface area (Å²) in [7, 11) is 0. The molecule has 0 bridgehead atoms. The van der Waals surface area contributed by atoms with Gasteiger partial charge in [0.05, 0.1) is 25.9 Å². The highest BCUT2D eigenvalue weighted by molar-refractivity contribution is 4.34. The summed E-state index contributed by atoms with van der Waals surface area (Å²) in [6, 6.07) is 0. The number of aliphatic hydroxyl groups excluding tert-OH is 5. The SMILES string of the molecule is CC(O)CO.CCCCO.OCCO. The average molecular weight is 212 g/mol. The van der Waals surface area contributed by atoms with Crippen molar-refractivity contribution in [1.29, 1.82) is 0 Å². The Hall–Kier alpha value is -0.200. The second-order valence-corrected chi connectivity index (χ2v) is 2.56. The van der Waals surface area contributed by atoms with E-state index in [0.717, 1.165) is 12.8 Å². The van der Waals surface area contributed by atoms with Crippen molar-refractivity contribution in [3.8, 4) is 0 Å². The summed E-state index contributed by atoms with van der Waals surface area (Å²) in [6.07, 6.45) is 1.48. The summed E-state index contributed by atoms with van der Waals surface area (Å²) in [5, 5.41) is 39.3. The Balaban J connectivity index is -0.000000131. The van der Waals surface area contributed by atoms with Crippen LogP contribution < -0.4 is 0 Å². The molecule has 0 saturated carbocycles. The van der Waals surface area contributed by atoms with Crippen molar-refractivity contribution in [1.82, 2.24) is 0 Å². The van der Waals surface area contributed by atoms with E-state index in [1.165, 1.54) is 6.92 Å². The van der Waals surface area contributed by atoms with Gasteiger partial charge in [0.15, 0.2) is 0 Å². The Morgan fingerprint density at radius 1 is 0.929 bits per heavy atom. The van der Waals surface area contributed by atoms with Gasteiger partial charge in [0.25, 0.3) is 0 Å². The maximum atomic E-state index is 8.11. The molecule has 14 heavy (non-hydrogen) atoms. The number of rotatable bonds is 4. The fourth-order valence-electron chi connectivity index (χ4n) is 0.158. The summed E-state index contributed by atoms with van der Waals surface area (Å²) in [5.74, 6) is 0. The second-order valence-electron chi connectivity index (χ2n) is 2.56. The van der Waals surface area contributed by atoms with Gasteiger partial charge < -0.3 is 25.5 Å². The van der Waals surface area contributed by atoms with Crippen LogP contribution in [0, 0.1) is 0 Å². The molecule has 0 radical (unpaired) electrons. The summed E-state index contributed by atoms with van der Waals surface area (Å²) in [4.78, 5) is 0. The molecule has 0 fully saturated rings. The van der Waals surface area contributed by atoms with E-state index in [1.54, 1.807) is 0 Å². The van der Waals surface area contributed by atoms with E-state index < -0.39 is 6.10 Å². The zero-order valence-electron chi connectivity index (χ0n) is 9.06. The van der Waals surface area contributed by atoms with Gasteiger partial charge in [-0.1, -0.05) is 13.3 Å². The van der Waals surface area contributed by atoms with Gasteiger partial charge in [-0.2, -0.15) is 0 Å². The molecule has 90 valence electrons. The molecule has 0 aliphatic carbocycles. The Labute approximate surface area is 85.6 Å². The summed E-state index contributed by atoms with van der Waals surface area (Å²) < 4.78 is 0. The van der Waals surface area contributed by atoms with Crippen molar-refractivity contribution >= 4 is 0 Å². The van der Waals surface area contributed by atoms with Crippen LogP contribution in [0.5, 0.6) is 0 Å². The first kappa shape index (κ1) is 19.4. The van der Waals surface area contributed by atoms with Crippen LogP contribution in [0.3, 0.4) is 0 Å². The molecule has 5 N–H and O–H groups in total. The molecule has 0 aliphatic heterocycles. The Morgan fingerprint density at radius 2 is 1.29 bits per heavy atom. The van der Waals surface area contributed by atoms with Crippen molar-refractivity contribution in [3.63, 3.8) is 0 Å². The van der Waals surface area contributed by atoms with E-state index in [2.05, 4.69) is 6.92 Å². The molecular formula is C9H24O5. The average Bonchev–Trinajstić information content (AvgIpc) is 2.20. The highest BCUT2D eigenvalue weighted by Gasteiger charge is 1.83. The molecule has 0 amide bonds. The van der Waals surface area contributed by atoms with Crippen molar-refractivity contribution in [2.75, 3.05) is 26.4 Å².